The number of rotatable bonds is 8. The fraction of sp³-hybridized carbons (Fsp3) is 0.391. The first kappa shape index (κ1) is 21.2. The number of carboxylic acids is 1. The van der Waals surface area contributed by atoms with E-state index in [0.717, 1.165) is 4.90 Å². The van der Waals surface area contributed by atoms with Crippen molar-refractivity contribution in [1.82, 2.24) is 9.88 Å². The number of hydrogen-bond donors (Lipinski definition) is 1. The molecule has 0 bridgehead atoms. The topological polar surface area (TPSA) is 109 Å². The van der Waals surface area contributed by atoms with Gasteiger partial charge >= 0.3 is 5.97 Å². The predicted molar refractivity (Wildman–Crippen MR) is 113 cm³/mol. The minimum atomic E-state index is -1.18. The minimum Gasteiger partial charge on any atom is -0.480 e. The Morgan fingerprint density at radius 1 is 1.21 bits per heavy atom. The van der Waals surface area contributed by atoms with E-state index in [0.29, 0.717) is 37.1 Å². The van der Waals surface area contributed by atoms with Crippen molar-refractivity contribution in [2.45, 2.75) is 31.9 Å². The molecule has 5 rings (SSSR count). The molecule has 2 amide bonds. The van der Waals surface area contributed by atoms with E-state index in [4.69, 9.17) is 14.6 Å². The summed E-state index contributed by atoms with van der Waals surface area (Å²) in [5, 5.41) is 8.95. The maximum Gasteiger partial charge on any atom is 0.323 e. The third kappa shape index (κ3) is 4.33. The van der Waals surface area contributed by atoms with Crippen molar-refractivity contribution in [2.75, 3.05) is 24.6 Å². The highest BCUT2D eigenvalue weighted by atomic mass is 19.1. The molecule has 1 aliphatic carbocycles. The smallest absolute Gasteiger partial charge is 0.323 e. The maximum atomic E-state index is 14.7. The van der Waals surface area contributed by atoms with Crippen LogP contribution in [-0.4, -0.2) is 58.6 Å². The van der Waals surface area contributed by atoms with Crippen LogP contribution in [0.5, 0.6) is 11.6 Å². The van der Waals surface area contributed by atoms with Crippen molar-refractivity contribution in [1.29, 1.82) is 0 Å². The lowest BCUT2D eigenvalue weighted by Crippen LogP contribution is -2.32. The molecule has 3 aliphatic rings. The van der Waals surface area contributed by atoms with Crippen molar-refractivity contribution in [3.05, 3.63) is 47.4 Å². The summed E-state index contributed by atoms with van der Waals surface area (Å²) in [6.45, 7) is 0.320. The quantitative estimate of drug-likeness (QED) is 0.650. The molecule has 3 heterocycles. The number of ether oxygens (including phenoxy) is 2. The summed E-state index contributed by atoms with van der Waals surface area (Å²) < 4.78 is 26.1. The van der Waals surface area contributed by atoms with E-state index in [-0.39, 0.29) is 29.3 Å². The van der Waals surface area contributed by atoms with Crippen LogP contribution >= 0.6 is 0 Å². The number of fused-ring (bicyclic) bond motifs is 1. The lowest BCUT2D eigenvalue weighted by atomic mass is 10.1. The summed E-state index contributed by atoms with van der Waals surface area (Å²) in [5.41, 5.74) is 0.462. The molecular weight excluding hydrogens is 433 g/mol. The van der Waals surface area contributed by atoms with E-state index in [1.807, 2.05) is 0 Å². The molecule has 33 heavy (non-hydrogen) atoms. The summed E-state index contributed by atoms with van der Waals surface area (Å²) in [6.07, 6.45) is 3.49. The van der Waals surface area contributed by atoms with Gasteiger partial charge in [0.15, 0.2) is 6.10 Å². The van der Waals surface area contributed by atoms with Crippen molar-refractivity contribution in [3.8, 4) is 11.6 Å². The second kappa shape index (κ2) is 8.34. The van der Waals surface area contributed by atoms with Crippen LogP contribution in [0, 0.1) is 11.7 Å². The molecule has 1 aromatic heterocycles. The Balaban J connectivity index is 1.26. The van der Waals surface area contributed by atoms with Gasteiger partial charge in [-0.3, -0.25) is 14.4 Å². The Hall–Kier alpha value is -3.69. The molecule has 1 saturated carbocycles. The highest BCUT2D eigenvalue weighted by Crippen LogP contribution is 2.33. The van der Waals surface area contributed by atoms with Gasteiger partial charge in [-0.15, -0.1) is 0 Å². The third-order valence-electron chi connectivity index (χ3n) is 5.99. The Bertz CT molecular complexity index is 1120. The molecule has 1 N–H and O–H groups in total. The van der Waals surface area contributed by atoms with Crippen molar-refractivity contribution >= 4 is 23.5 Å². The summed E-state index contributed by atoms with van der Waals surface area (Å²) in [7, 11) is 0. The van der Waals surface area contributed by atoms with Gasteiger partial charge in [-0.2, -0.15) is 0 Å². The predicted octanol–water partition coefficient (Wildman–Crippen LogP) is 2.23. The van der Waals surface area contributed by atoms with E-state index in [1.165, 1.54) is 36.1 Å². The number of carbonyl (C=O) groups is 3. The summed E-state index contributed by atoms with van der Waals surface area (Å²) in [4.78, 5) is 43.0. The van der Waals surface area contributed by atoms with Crippen LogP contribution in [0.4, 0.5) is 10.1 Å². The number of hydrogen-bond acceptors (Lipinski definition) is 6. The molecule has 10 heteroatoms. The zero-order chi connectivity index (χ0) is 23.1. The second-order valence-electron chi connectivity index (χ2n) is 8.48. The Kier molecular flexibility index (Phi) is 5.35. The number of benzene rings is 1. The number of anilines is 1. The van der Waals surface area contributed by atoms with E-state index in [1.54, 1.807) is 12.1 Å². The zero-order valence-corrected chi connectivity index (χ0v) is 17.7. The number of nitrogens with zero attached hydrogens (tertiary/aromatic N) is 3. The van der Waals surface area contributed by atoms with Crippen LogP contribution in [0.1, 0.15) is 35.2 Å². The molecule has 172 valence electrons. The highest BCUT2D eigenvalue weighted by molar-refractivity contribution is 6.03. The van der Waals surface area contributed by atoms with Crippen LogP contribution in [0.3, 0.4) is 0 Å². The van der Waals surface area contributed by atoms with Gasteiger partial charge in [-0.05, 0) is 37.0 Å². The fourth-order valence-corrected chi connectivity index (χ4v) is 4.05. The van der Waals surface area contributed by atoms with Gasteiger partial charge < -0.3 is 24.4 Å². The van der Waals surface area contributed by atoms with Crippen LogP contribution in [-0.2, 0) is 16.1 Å². The Morgan fingerprint density at radius 2 is 2.03 bits per heavy atom. The standard InChI is InChI=1S/C23H22FN3O6/c24-18-8-14(7-16-17(18)10-26(22(16)30)11-21(28)29)27-6-5-19(23(27)31)33-15-3-4-20(25-9-15)32-12-13-1-2-13/h3-4,7-9,13,19H,1-2,5-6,10-12H2,(H,28,29)/t19-/m1/s1. The minimum absolute atomic E-state index is 0.0782. The van der Waals surface area contributed by atoms with Gasteiger partial charge in [0.05, 0.1) is 19.3 Å². The molecule has 1 aromatic carbocycles. The SMILES string of the molecule is O=C(O)CN1Cc2c(F)cc(N3CC[C@@H](Oc4ccc(OCC5CC5)nc4)C3=O)cc2C1=O. The monoisotopic (exact) mass is 455 g/mol. The lowest BCUT2D eigenvalue weighted by Gasteiger charge is -2.18. The molecular formula is C23H22FN3O6. The third-order valence-corrected chi connectivity index (χ3v) is 5.99. The lowest BCUT2D eigenvalue weighted by molar-refractivity contribution is -0.137. The van der Waals surface area contributed by atoms with Gasteiger partial charge in [-0.25, -0.2) is 9.37 Å². The average Bonchev–Trinajstić information content (AvgIpc) is 3.48. The molecule has 1 saturated heterocycles. The van der Waals surface area contributed by atoms with Gasteiger partial charge in [0.2, 0.25) is 5.88 Å². The first-order chi connectivity index (χ1) is 15.9. The van der Waals surface area contributed by atoms with Crippen LogP contribution in [0.15, 0.2) is 30.5 Å². The van der Waals surface area contributed by atoms with Crippen LogP contribution in [0.2, 0.25) is 0 Å². The molecule has 9 nitrogen and oxygen atoms in total. The molecule has 1 atom stereocenters. The van der Waals surface area contributed by atoms with Crippen molar-refractivity contribution in [3.63, 3.8) is 0 Å². The molecule has 0 unspecified atom stereocenters. The van der Waals surface area contributed by atoms with Gasteiger partial charge in [-0.1, -0.05) is 0 Å². The van der Waals surface area contributed by atoms with Crippen LogP contribution < -0.4 is 14.4 Å². The summed E-state index contributed by atoms with van der Waals surface area (Å²) >= 11 is 0. The number of carboxylic acid groups (broad SMARTS) is 1. The molecule has 0 radical (unpaired) electrons. The maximum absolute atomic E-state index is 14.7. The zero-order valence-electron chi connectivity index (χ0n) is 17.7. The Labute approximate surface area is 188 Å². The highest BCUT2D eigenvalue weighted by Gasteiger charge is 2.37. The first-order valence-electron chi connectivity index (χ1n) is 10.8. The second-order valence-corrected chi connectivity index (χ2v) is 8.48. The number of amides is 2. The molecule has 0 spiro atoms. The Morgan fingerprint density at radius 3 is 2.73 bits per heavy atom. The van der Waals surface area contributed by atoms with Gasteiger partial charge in [0.25, 0.3) is 11.8 Å². The summed E-state index contributed by atoms with van der Waals surface area (Å²) in [6, 6.07) is 6.02. The number of halogens is 1. The van der Waals surface area contributed by atoms with Gasteiger partial charge in [0.1, 0.15) is 18.1 Å². The van der Waals surface area contributed by atoms with E-state index >= 15 is 0 Å². The largest absolute Gasteiger partial charge is 0.480 e. The molecule has 2 aromatic rings. The number of pyridine rings is 1. The van der Waals surface area contributed by atoms with E-state index < -0.39 is 30.3 Å². The number of aliphatic carboxylic acids is 1. The van der Waals surface area contributed by atoms with E-state index in [9.17, 15) is 18.8 Å². The normalized spacial score (nSPS) is 19.7. The fourth-order valence-electron chi connectivity index (χ4n) is 4.05. The average molecular weight is 455 g/mol. The van der Waals surface area contributed by atoms with Crippen molar-refractivity contribution in [2.24, 2.45) is 5.92 Å². The number of aromatic nitrogens is 1. The number of carbonyl (C=O) groups excluding carboxylic acids is 2. The first-order valence-corrected chi connectivity index (χ1v) is 10.8. The van der Waals surface area contributed by atoms with Crippen molar-refractivity contribution < 1.29 is 33.4 Å². The van der Waals surface area contributed by atoms with Gasteiger partial charge in [0, 0.05) is 35.8 Å². The summed E-state index contributed by atoms with van der Waals surface area (Å²) in [5.74, 6) is -1.20. The van der Waals surface area contributed by atoms with E-state index in [2.05, 4.69) is 4.98 Å². The molecule has 2 fully saturated rings. The van der Waals surface area contributed by atoms with Crippen LogP contribution in [0.25, 0.3) is 0 Å². The molecule has 2 aliphatic heterocycles.